The molecule has 0 aromatic heterocycles. The van der Waals surface area contributed by atoms with E-state index >= 15 is 0 Å². The lowest BCUT2D eigenvalue weighted by molar-refractivity contribution is -0.0330. The molecule has 1 aliphatic heterocycles. The summed E-state index contributed by atoms with van der Waals surface area (Å²) in [6, 6.07) is 0. The largest absolute Gasteiger partial charge is 0.726 e. The first-order valence-electron chi connectivity index (χ1n) is 3.97. The van der Waals surface area contributed by atoms with Crippen LogP contribution in [-0.4, -0.2) is 54.7 Å². The minimum Gasteiger partial charge on any atom is -0.726 e. The maximum Gasteiger partial charge on any atom is 0.217 e. The Labute approximate surface area is 81.2 Å². The second kappa shape index (κ2) is 4.51. The molecule has 0 saturated carbocycles. The quantitative estimate of drug-likeness (QED) is 0.420. The molecule has 1 rings (SSSR count). The van der Waals surface area contributed by atoms with Crippen molar-refractivity contribution >= 4 is 10.4 Å². The second-order valence-electron chi connectivity index (χ2n) is 2.97. The Morgan fingerprint density at radius 1 is 1.57 bits per heavy atom. The van der Waals surface area contributed by atoms with Crippen molar-refractivity contribution in [2.75, 3.05) is 13.2 Å². The van der Waals surface area contributed by atoms with Crippen molar-refractivity contribution in [1.29, 1.82) is 0 Å². The summed E-state index contributed by atoms with van der Waals surface area (Å²) in [5.74, 6) is 0. The third kappa shape index (κ3) is 3.48. The molecule has 0 amide bonds. The van der Waals surface area contributed by atoms with E-state index in [-0.39, 0.29) is 13.0 Å². The highest BCUT2D eigenvalue weighted by atomic mass is 32.3. The number of hydrogen-bond donors (Lipinski definition) is 2. The van der Waals surface area contributed by atoms with Crippen LogP contribution in [0, 0.1) is 0 Å². The number of aliphatic hydroxyl groups excluding tert-OH is 2. The van der Waals surface area contributed by atoms with E-state index in [1.807, 2.05) is 0 Å². The van der Waals surface area contributed by atoms with E-state index in [9.17, 15) is 18.1 Å². The van der Waals surface area contributed by atoms with Crippen molar-refractivity contribution in [2.45, 2.75) is 24.7 Å². The molecule has 0 bridgehead atoms. The Balaban J connectivity index is 2.36. The van der Waals surface area contributed by atoms with E-state index in [0.29, 0.717) is 0 Å². The van der Waals surface area contributed by atoms with E-state index in [0.717, 1.165) is 0 Å². The van der Waals surface area contributed by atoms with Crippen molar-refractivity contribution < 1.29 is 32.1 Å². The van der Waals surface area contributed by atoms with Gasteiger partial charge < -0.3 is 19.5 Å². The Kier molecular flexibility index (Phi) is 3.81. The van der Waals surface area contributed by atoms with Crippen LogP contribution in [0.15, 0.2) is 0 Å². The third-order valence-corrected chi connectivity index (χ3v) is 2.30. The Hall–Kier alpha value is -0.250. The summed E-state index contributed by atoms with van der Waals surface area (Å²) in [6.45, 7) is -0.790. The van der Waals surface area contributed by atoms with Gasteiger partial charge >= 0.3 is 0 Å². The Morgan fingerprint density at radius 3 is 2.64 bits per heavy atom. The van der Waals surface area contributed by atoms with Crippen molar-refractivity contribution in [2.24, 2.45) is 0 Å². The fourth-order valence-electron chi connectivity index (χ4n) is 1.25. The van der Waals surface area contributed by atoms with Gasteiger partial charge in [0.15, 0.2) is 0 Å². The van der Waals surface area contributed by atoms with Crippen LogP contribution in [0.2, 0.25) is 0 Å². The Morgan fingerprint density at radius 2 is 2.21 bits per heavy atom. The average molecular weight is 227 g/mol. The first-order valence-corrected chi connectivity index (χ1v) is 5.30. The van der Waals surface area contributed by atoms with Gasteiger partial charge in [-0.2, -0.15) is 0 Å². The summed E-state index contributed by atoms with van der Waals surface area (Å²) in [5, 5.41) is 17.9. The smallest absolute Gasteiger partial charge is 0.217 e. The van der Waals surface area contributed by atoms with E-state index in [4.69, 9.17) is 9.84 Å². The van der Waals surface area contributed by atoms with Crippen LogP contribution in [-0.2, 0) is 19.3 Å². The molecule has 0 aromatic rings. The fraction of sp³-hybridized carbons (Fsp3) is 1.00. The standard InChI is InChI=1S/C6H12O7S/c7-2-6-5(8)1-4(13-6)3-12-14(9,10)11/h4-8H,1-3H2,(H,9,10,11)/p-1. The molecule has 8 heteroatoms. The monoisotopic (exact) mass is 227 g/mol. The van der Waals surface area contributed by atoms with Crippen LogP contribution in [0.5, 0.6) is 0 Å². The molecule has 84 valence electrons. The highest BCUT2D eigenvalue weighted by Crippen LogP contribution is 2.20. The topological polar surface area (TPSA) is 116 Å². The van der Waals surface area contributed by atoms with Crippen molar-refractivity contribution in [3.63, 3.8) is 0 Å². The zero-order valence-corrected chi connectivity index (χ0v) is 8.01. The molecule has 0 aromatic carbocycles. The third-order valence-electron chi connectivity index (χ3n) is 1.88. The lowest BCUT2D eigenvalue weighted by Crippen LogP contribution is -2.24. The zero-order valence-electron chi connectivity index (χ0n) is 7.20. The van der Waals surface area contributed by atoms with Gasteiger partial charge in [0, 0.05) is 6.42 Å². The minimum absolute atomic E-state index is 0.140. The first kappa shape index (κ1) is 11.8. The van der Waals surface area contributed by atoms with Crippen LogP contribution in [0.4, 0.5) is 0 Å². The maximum atomic E-state index is 10.1. The molecule has 14 heavy (non-hydrogen) atoms. The summed E-state index contributed by atoms with van der Waals surface area (Å²) in [5.41, 5.74) is 0. The predicted molar refractivity (Wildman–Crippen MR) is 42.0 cm³/mol. The summed E-state index contributed by atoms with van der Waals surface area (Å²) < 4.78 is 39.2. The number of ether oxygens (including phenoxy) is 1. The van der Waals surface area contributed by atoms with Gasteiger partial charge in [0.2, 0.25) is 10.4 Å². The number of aliphatic hydroxyl groups is 2. The molecule has 3 atom stereocenters. The normalized spacial score (nSPS) is 33.5. The van der Waals surface area contributed by atoms with Gasteiger partial charge in [-0.25, -0.2) is 8.42 Å². The van der Waals surface area contributed by atoms with Crippen LogP contribution in [0.25, 0.3) is 0 Å². The molecule has 2 N–H and O–H groups in total. The molecule has 1 aliphatic rings. The van der Waals surface area contributed by atoms with Gasteiger partial charge in [0.1, 0.15) is 6.10 Å². The summed E-state index contributed by atoms with van der Waals surface area (Å²) in [6.07, 6.45) is -2.13. The van der Waals surface area contributed by atoms with Crippen LogP contribution < -0.4 is 0 Å². The average Bonchev–Trinajstić information content (AvgIpc) is 2.42. The van der Waals surface area contributed by atoms with Crippen LogP contribution in [0.3, 0.4) is 0 Å². The van der Waals surface area contributed by atoms with Gasteiger partial charge in [-0.1, -0.05) is 0 Å². The van der Waals surface area contributed by atoms with Crippen LogP contribution >= 0.6 is 0 Å². The predicted octanol–water partition coefficient (Wildman–Crippen LogP) is -2.03. The van der Waals surface area contributed by atoms with Gasteiger partial charge in [0.25, 0.3) is 0 Å². The minimum atomic E-state index is -4.73. The number of rotatable bonds is 4. The summed E-state index contributed by atoms with van der Waals surface area (Å²) >= 11 is 0. The van der Waals surface area contributed by atoms with Crippen molar-refractivity contribution in [1.82, 2.24) is 0 Å². The molecule has 0 spiro atoms. The van der Waals surface area contributed by atoms with E-state index in [2.05, 4.69) is 4.18 Å². The summed E-state index contributed by atoms with van der Waals surface area (Å²) in [4.78, 5) is 0. The first-order chi connectivity index (χ1) is 6.42. The molecule has 1 heterocycles. The molecule has 1 fully saturated rings. The zero-order chi connectivity index (χ0) is 10.8. The fourth-order valence-corrected chi connectivity index (χ4v) is 1.56. The molecular weight excluding hydrogens is 216 g/mol. The van der Waals surface area contributed by atoms with Crippen molar-refractivity contribution in [3.8, 4) is 0 Å². The molecule has 0 radical (unpaired) electrons. The van der Waals surface area contributed by atoms with E-state index < -0.39 is 35.3 Å². The van der Waals surface area contributed by atoms with Crippen LogP contribution in [0.1, 0.15) is 6.42 Å². The molecule has 0 aliphatic carbocycles. The van der Waals surface area contributed by atoms with E-state index in [1.54, 1.807) is 0 Å². The van der Waals surface area contributed by atoms with Gasteiger partial charge in [0.05, 0.1) is 25.4 Å². The van der Waals surface area contributed by atoms with Gasteiger partial charge in [-0.3, -0.25) is 4.18 Å². The maximum absolute atomic E-state index is 10.1. The van der Waals surface area contributed by atoms with Crippen molar-refractivity contribution in [3.05, 3.63) is 0 Å². The molecule has 7 nitrogen and oxygen atoms in total. The molecular formula is C6H11O7S-. The second-order valence-corrected chi connectivity index (χ2v) is 4.03. The molecule has 3 unspecified atom stereocenters. The highest BCUT2D eigenvalue weighted by molar-refractivity contribution is 7.80. The van der Waals surface area contributed by atoms with Gasteiger partial charge in [-0.05, 0) is 0 Å². The SMILES string of the molecule is O=S(=O)([O-])OCC1CC(O)C(CO)O1. The molecule has 1 saturated heterocycles. The lowest BCUT2D eigenvalue weighted by atomic mass is 10.1. The number of hydrogen-bond acceptors (Lipinski definition) is 7. The Bertz CT molecular complexity index is 274. The lowest BCUT2D eigenvalue weighted by Gasteiger charge is -2.13. The summed E-state index contributed by atoms with van der Waals surface area (Å²) in [7, 11) is -4.73. The van der Waals surface area contributed by atoms with E-state index in [1.165, 1.54) is 0 Å². The highest BCUT2D eigenvalue weighted by Gasteiger charge is 2.33. The van der Waals surface area contributed by atoms with Gasteiger partial charge in [-0.15, -0.1) is 0 Å².